The van der Waals surface area contributed by atoms with Crippen molar-refractivity contribution >= 4 is 17.1 Å². The van der Waals surface area contributed by atoms with E-state index in [1.807, 2.05) is 82.3 Å². The second-order valence-corrected chi connectivity index (χ2v) is 6.62. The molecule has 0 aliphatic rings. The van der Waals surface area contributed by atoms with Crippen molar-refractivity contribution in [2.45, 2.75) is 39.7 Å². The summed E-state index contributed by atoms with van der Waals surface area (Å²) in [5, 5.41) is 9.76. The zero-order valence-corrected chi connectivity index (χ0v) is 14.7. The number of hydrogen-bond acceptors (Lipinski definition) is 2. The first kappa shape index (κ1) is 17.8. The monoisotopic (exact) mass is 324 g/mol. The molecule has 3 nitrogen and oxygen atoms in total. The summed E-state index contributed by atoms with van der Waals surface area (Å²) in [6.07, 6.45) is 0.645. The van der Waals surface area contributed by atoms with Crippen LogP contribution < -0.4 is 4.74 Å². The van der Waals surface area contributed by atoms with E-state index in [4.69, 9.17) is 4.74 Å². The third-order valence-electron chi connectivity index (χ3n) is 3.56. The highest BCUT2D eigenvalue weighted by molar-refractivity contribution is 6.23. The van der Waals surface area contributed by atoms with Crippen molar-refractivity contribution < 1.29 is 14.6 Å². The van der Waals surface area contributed by atoms with Crippen LogP contribution in [0.2, 0.25) is 0 Å². The zero-order chi connectivity index (χ0) is 17.7. The third-order valence-corrected chi connectivity index (χ3v) is 3.56. The minimum Gasteiger partial charge on any atom is -0.488 e. The van der Waals surface area contributed by atoms with Gasteiger partial charge in [-0.25, -0.2) is 4.79 Å². The van der Waals surface area contributed by atoms with E-state index in [0.717, 1.165) is 16.9 Å². The molecule has 0 bridgehead atoms. The Balaban J connectivity index is 2.47. The number of hydrogen-bond donors (Lipinski definition) is 1. The number of ether oxygens (including phenoxy) is 1. The largest absolute Gasteiger partial charge is 0.488 e. The van der Waals surface area contributed by atoms with Gasteiger partial charge in [0.25, 0.3) is 0 Å². The maximum absolute atomic E-state index is 11.9. The molecule has 0 spiro atoms. The second kappa shape index (κ2) is 7.35. The van der Waals surface area contributed by atoms with Gasteiger partial charge in [-0.1, -0.05) is 49.4 Å². The number of carbonyl (C=O) groups is 1. The molecule has 3 heteroatoms. The Morgan fingerprint density at radius 3 is 2.00 bits per heavy atom. The summed E-state index contributed by atoms with van der Waals surface area (Å²) in [5.74, 6) is -0.186. The third kappa shape index (κ3) is 4.48. The molecule has 24 heavy (non-hydrogen) atoms. The van der Waals surface area contributed by atoms with Gasteiger partial charge in [-0.05, 0) is 56.0 Å². The van der Waals surface area contributed by atoms with Crippen LogP contribution >= 0.6 is 0 Å². The maximum Gasteiger partial charge on any atom is 0.336 e. The molecular weight excluding hydrogens is 300 g/mol. The highest BCUT2D eigenvalue weighted by Gasteiger charge is 2.18. The van der Waals surface area contributed by atoms with E-state index in [9.17, 15) is 9.90 Å². The van der Waals surface area contributed by atoms with Crippen LogP contribution in [0.15, 0.2) is 54.6 Å². The standard InChI is InChI=1S/C21H24O3/c1-5-18(15-9-7-6-8-10-15)19(20(22)23)16-11-13-17(14-12-16)24-21(2,3)4/h6-14H,5H2,1-4H3,(H,22,23). The van der Waals surface area contributed by atoms with Crippen LogP contribution in [0, 0.1) is 0 Å². The highest BCUT2D eigenvalue weighted by atomic mass is 16.5. The first-order valence-electron chi connectivity index (χ1n) is 8.13. The van der Waals surface area contributed by atoms with Crippen LogP contribution in [0.3, 0.4) is 0 Å². The van der Waals surface area contributed by atoms with Crippen molar-refractivity contribution in [1.29, 1.82) is 0 Å². The van der Waals surface area contributed by atoms with E-state index in [-0.39, 0.29) is 5.60 Å². The molecular formula is C21H24O3. The number of carboxylic acid groups (broad SMARTS) is 1. The molecule has 0 saturated carbocycles. The van der Waals surface area contributed by atoms with Gasteiger partial charge in [-0.3, -0.25) is 0 Å². The van der Waals surface area contributed by atoms with Crippen molar-refractivity contribution in [2.75, 3.05) is 0 Å². The van der Waals surface area contributed by atoms with Crippen molar-refractivity contribution in [2.24, 2.45) is 0 Å². The molecule has 0 aliphatic heterocycles. The van der Waals surface area contributed by atoms with E-state index in [0.29, 0.717) is 17.6 Å². The number of aliphatic carboxylic acids is 1. The average molecular weight is 324 g/mol. The van der Waals surface area contributed by atoms with Crippen LogP contribution in [-0.4, -0.2) is 16.7 Å². The van der Waals surface area contributed by atoms with E-state index in [1.54, 1.807) is 0 Å². The summed E-state index contributed by atoms with van der Waals surface area (Å²) in [4.78, 5) is 11.9. The van der Waals surface area contributed by atoms with E-state index >= 15 is 0 Å². The molecule has 0 atom stereocenters. The van der Waals surface area contributed by atoms with E-state index in [2.05, 4.69) is 0 Å². The molecule has 126 valence electrons. The molecule has 0 aromatic heterocycles. The van der Waals surface area contributed by atoms with Gasteiger partial charge in [0.2, 0.25) is 0 Å². The minimum atomic E-state index is -0.916. The van der Waals surface area contributed by atoms with Gasteiger partial charge in [0.05, 0.1) is 5.57 Å². The second-order valence-electron chi connectivity index (χ2n) is 6.62. The quantitative estimate of drug-likeness (QED) is 0.602. The van der Waals surface area contributed by atoms with E-state index < -0.39 is 5.97 Å². The van der Waals surface area contributed by atoms with Crippen molar-refractivity contribution in [1.82, 2.24) is 0 Å². The van der Waals surface area contributed by atoms with Gasteiger partial charge in [0.15, 0.2) is 0 Å². The number of carboxylic acids is 1. The predicted molar refractivity (Wildman–Crippen MR) is 98.0 cm³/mol. The lowest BCUT2D eigenvalue weighted by atomic mass is 9.93. The Hall–Kier alpha value is -2.55. The van der Waals surface area contributed by atoms with Gasteiger partial charge in [0, 0.05) is 0 Å². The summed E-state index contributed by atoms with van der Waals surface area (Å²) in [6.45, 7) is 7.92. The molecule has 2 rings (SSSR count). The van der Waals surface area contributed by atoms with Crippen LogP contribution in [0.25, 0.3) is 11.1 Å². The Morgan fingerprint density at radius 2 is 1.54 bits per heavy atom. The van der Waals surface area contributed by atoms with E-state index in [1.165, 1.54) is 0 Å². The Bertz CT molecular complexity index is 720. The number of allylic oxidation sites excluding steroid dienone is 1. The average Bonchev–Trinajstić information content (AvgIpc) is 2.52. The maximum atomic E-state index is 11.9. The van der Waals surface area contributed by atoms with Crippen molar-refractivity contribution in [3.05, 3.63) is 65.7 Å². The molecule has 0 unspecified atom stereocenters. The first-order chi connectivity index (χ1) is 11.3. The van der Waals surface area contributed by atoms with Crippen molar-refractivity contribution in [3.8, 4) is 5.75 Å². The van der Waals surface area contributed by atoms with Gasteiger partial charge < -0.3 is 9.84 Å². The molecule has 0 aliphatic carbocycles. The molecule has 0 radical (unpaired) electrons. The topological polar surface area (TPSA) is 46.5 Å². The van der Waals surface area contributed by atoms with Gasteiger partial charge in [-0.15, -0.1) is 0 Å². The molecule has 0 amide bonds. The zero-order valence-electron chi connectivity index (χ0n) is 14.7. The van der Waals surface area contributed by atoms with Crippen molar-refractivity contribution in [3.63, 3.8) is 0 Å². The summed E-state index contributed by atoms with van der Waals surface area (Å²) in [6, 6.07) is 16.9. The van der Waals surface area contributed by atoms with Gasteiger partial charge >= 0.3 is 5.97 Å². The van der Waals surface area contributed by atoms with Gasteiger partial charge in [0.1, 0.15) is 11.4 Å². The fourth-order valence-corrected chi connectivity index (χ4v) is 2.63. The fraction of sp³-hybridized carbons (Fsp3) is 0.286. The molecule has 0 fully saturated rings. The number of rotatable bonds is 5. The van der Waals surface area contributed by atoms with Crippen LogP contribution in [0.4, 0.5) is 0 Å². The summed E-state index contributed by atoms with van der Waals surface area (Å²) >= 11 is 0. The molecule has 2 aromatic carbocycles. The highest BCUT2D eigenvalue weighted by Crippen LogP contribution is 2.30. The first-order valence-corrected chi connectivity index (χ1v) is 8.13. The van der Waals surface area contributed by atoms with Crippen LogP contribution in [0.5, 0.6) is 5.75 Å². The minimum absolute atomic E-state index is 0.286. The SMILES string of the molecule is CCC(=C(C(=O)O)c1ccc(OC(C)(C)C)cc1)c1ccccc1. The fourth-order valence-electron chi connectivity index (χ4n) is 2.63. The molecule has 2 aromatic rings. The summed E-state index contributed by atoms with van der Waals surface area (Å²) < 4.78 is 5.80. The lowest BCUT2D eigenvalue weighted by Gasteiger charge is -2.21. The normalized spacial score (nSPS) is 12.5. The van der Waals surface area contributed by atoms with Gasteiger partial charge in [-0.2, -0.15) is 0 Å². The Morgan fingerprint density at radius 1 is 0.958 bits per heavy atom. The van der Waals surface area contributed by atoms with Crippen LogP contribution in [0.1, 0.15) is 45.2 Å². The lowest BCUT2D eigenvalue weighted by Crippen LogP contribution is -2.22. The summed E-state index contributed by atoms with van der Waals surface area (Å²) in [7, 11) is 0. The lowest BCUT2D eigenvalue weighted by molar-refractivity contribution is -0.130. The van der Waals surface area contributed by atoms with Crippen LogP contribution in [-0.2, 0) is 4.79 Å². The smallest absolute Gasteiger partial charge is 0.336 e. The molecule has 1 N–H and O–H groups in total. The summed E-state index contributed by atoms with van der Waals surface area (Å²) in [5.41, 5.74) is 2.50. The molecule has 0 heterocycles. The Kier molecular flexibility index (Phi) is 5.45. The Labute approximate surface area is 143 Å². The molecule has 0 saturated heterocycles. The number of benzene rings is 2. The predicted octanol–water partition coefficient (Wildman–Crippen LogP) is 5.27.